The molecule has 1 fully saturated rings. The number of amides is 1. The lowest BCUT2D eigenvalue weighted by atomic mass is 10.1. The third kappa shape index (κ3) is 2.43. The first-order valence-electron chi connectivity index (χ1n) is 5.85. The summed E-state index contributed by atoms with van der Waals surface area (Å²) in [5, 5.41) is 0. The van der Waals surface area contributed by atoms with E-state index >= 15 is 0 Å². The van der Waals surface area contributed by atoms with E-state index in [0.717, 1.165) is 0 Å². The third-order valence-corrected chi connectivity index (χ3v) is 5.10. The predicted octanol–water partition coefficient (Wildman–Crippen LogP) is 1.16. The lowest BCUT2D eigenvalue weighted by Gasteiger charge is -2.23. The fourth-order valence-corrected chi connectivity index (χ4v) is 4.05. The molecule has 18 heavy (non-hydrogen) atoms. The maximum Gasteiger partial charge on any atom is 0.257 e. The van der Waals surface area contributed by atoms with Crippen molar-refractivity contribution in [3.63, 3.8) is 0 Å². The molecule has 0 saturated carbocycles. The molecule has 2 rings (SSSR count). The van der Waals surface area contributed by atoms with E-state index in [2.05, 4.69) is 0 Å². The summed E-state index contributed by atoms with van der Waals surface area (Å²) in [5.74, 6) is 1.31. The highest BCUT2D eigenvalue weighted by atomic mass is 32.2. The Morgan fingerprint density at radius 2 is 2.11 bits per heavy atom. The third-order valence-electron chi connectivity index (χ3n) is 3.35. The average Bonchev–Trinajstić information content (AvgIpc) is 2.79. The molecule has 1 atom stereocenters. The van der Waals surface area contributed by atoms with Crippen molar-refractivity contribution >= 4 is 15.7 Å². The zero-order valence-corrected chi connectivity index (χ0v) is 11.6. The standard InChI is InChI=1S/C12H17NO4S/c1-8-6-11(9(2)17-8)12(14)13(3)10-4-5-18(15,16)7-10/h6,10H,4-5,7H2,1-3H3/t10-/m0/s1. The van der Waals surface area contributed by atoms with Gasteiger partial charge in [0.25, 0.3) is 5.91 Å². The van der Waals surface area contributed by atoms with Crippen molar-refractivity contribution in [3.8, 4) is 0 Å². The van der Waals surface area contributed by atoms with Gasteiger partial charge in [0, 0.05) is 13.1 Å². The number of furan rings is 1. The minimum atomic E-state index is -2.98. The highest BCUT2D eigenvalue weighted by Crippen LogP contribution is 2.21. The first kappa shape index (κ1) is 13.1. The van der Waals surface area contributed by atoms with Crippen molar-refractivity contribution in [2.75, 3.05) is 18.6 Å². The number of carbonyl (C=O) groups is 1. The SMILES string of the molecule is Cc1cc(C(=O)N(C)[C@H]2CCS(=O)(=O)C2)c(C)o1. The molecule has 1 aromatic heterocycles. The summed E-state index contributed by atoms with van der Waals surface area (Å²) >= 11 is 0. The summed E-state index contributed by atoms with van der Waals surface area (Å²) in [6.07, 6.45) is 0.514. The van der Waals surface area contributed by atoms with Crippen LogP contribution in [0.25, 0.3) is 0 Å². The highest BCUT2D eigenvalue weighted by Gasteiger charge is 2.33. The number of hydrogen-bond donors (Lipinski definition) is 0. The first-order chi connectivity index (χ1) is 8.30. The highest BCUT2D eigenvalue weighted by molar-refractivity contribution is 7.91. The first-order valence-corrected chi connectivity index (χ1v) is 7.67. The predicted molar refractivity (Wildman–Crippen MR) is 67.3 cm³/mol. The van der Waals surface area contributed by atoms with Gasteiger partial charge in [-0.05, 0) is 26.3 Å². The fraction of sp³-hybridized carbons (Fsp3) is 0.583. The van der Waals surface area contributed by atoms with Gasteiger partial charge in [0.15, 0.2) is 9.84 Å². The maximum atomic E-state index is 12.2. The molecular formula is C12H17NO4S. The fourth-order valence-electron chi connectivity index (χ4n) is 2.28. The van der Waals surface area contributed by atoms with Crippen LogP contribution in [0.3, 0.4) is 0 Å². The van der Waals surface area contributed by atoms with Crippen LogP contribution in [0.15, 0.2) is 10.5 Å². The van der Waals surface area contributed by atoms with Gasteiger partial charge in [-0.1, -0.05) is 0 Å². The van der Waals surface area contributed by atoms with Gasteiger partial charge >= 0.3 is 0 Å². The summed E-state index contributed by atoms with van der Waals surface area (Å²) in [6, 6.07) is 1.47. The molecule has 1 saturated heterocycles. The van der Waals surface area contributed by atoms with Crippen molar-refractivity contribution in [2.24, 2.45) is 0 Å². The Kier molecular flexibility index (Phi) is 3.23. The molecule has 0 N–H and O–H groups in total. The Labute approximate surface area is 107 Å². The lowest BCUT2D eigenvalue weighted by molar-refractivity contribution is 0.0746. The number of sulfone groups is 1. The summed E-state index contributed by atoms with van der Waals surface area (Å²) in [5.41, 5.74) is 0.513. The van der Waals surface area contributed by atoms with Gasteiger partial charge in [-0.2, -0.15) is 0 Å². The Balaban J connectivity index is 2.17. The van der Waals surface area contributed by atoms with Crippen LogP contribution in [-0.2, 0) is 9.84 Å². The molecule has 1 aliphatic heterocycles. The normalized spacial score (nSPS) is 22.1. The monoisotopic (exact) mass is 271 g/mol. The molecule has 2 heterocycles. The van der Waals surface area contributed by atoms with E-state index < -0.39 is 9.84 Å². The summed E-state index contributed by atoms with van der Waals surface area (Å²) in [4.78, 5) is 13.8. The van der Waals surface area contributed by atoms with Gasteiger partial charge in [0.2, 0.25) is 0 Å². The van der Waals surface area contributed by atoms with Crippen LogP contribution in [0.5, 0.6) is 0 Å². The number of nitrogens with zero attached hydrogens (tertiary/aromatic N) is 1. The van der Waals surface area contributed by atoms with Gasteiger partial charge in [0.05, 0.1) is 17.1 Å². The van der Waals surface area contributed by atoms with E-state index in [0.29, 0.717) is 23.5 Å². The molecule has 100 valence electrons. The van der Waals surface area contributed by atoms with E-state index in [1.54, 1.807) is 27.0 Å². The van der Waals surface area contributed by atoms with E-state index in [9.17, 15) is 13.2 Å². The van der Waals surface area contributed by atoms with Crippen molar-refractivity contribution in [3.05, 3.63) is 23.2 Å². The second kappa shape index (κ2) is 4.42. The van der Waals surface area contributed by atoms with Crippen molar-refractivity contribution in [1.82, 2.24) is 4.90 Å². The smallest absolute Gasteiger partial charge is 0.257 e. The topological polar surface area (TPSA) is 67.6 Å². The Bertz CT molecular complexity index is 573. The average molecular weight is 271 g/mol. The van der Waals surface area contributed by atoms with E-state index in [4.69, 9.17) is 4.42 Å². The van der Waals surface area contributed by atoms with Crippen LogP contribution in [0.1, 0.15) is 28.3 Å². The Hall–Kier alpha value is -1.30. The second-order valence-corrected chi connectivity index (χ2v) is 7.03. The largest absolute Gasteiger partial charge is 0.466 e. The minimum absolute atomic E-state index is 0.0606. The maximum absolute atomic E-state index is 12.2. The second-order valence-electron chi connectivity index (χ2n) is 4.80. The number of aryl methyl sites for hydroxylation is 2. The van der Waals surface area contributed by atoms with Crippen molar-refractivity contribution in [2.45, 2.75) is 26.3 Å². The van der Waals surface area contributed by atoms with Crippen LogP contribution in [0.4, 0.5) is 0 Å². The number of rotatable bonds is 2. The molecule has 0 radical (unpaired) electrons. The molecule has 0 aromatic carbocycles. The molecule has 1 aliphatic rings. The van der Waals surface area contributed by atoms with Crippen LogP contribution in [0.2, 0.25) is 0 Å². The quantitative estimate of drug-likeness (QED) is 0.809. The minimum Gasteiger partial charge on any atom is -0.466 e. The lowest BCUT2D eigenvalue weighted by Crippen LogP contribution is -2.37. The summed E-state index contributed by atoms with van der Waals surface area (Å²) < 4.78 is 28.2. The van der Waals surface area contributed by atoms with Gasteiger partial charge in [-0.15, -0.1) is 0 Å². The summed E-state index contributed by atoms with van der Waals surface area (Å²) in [6.45, 7) is 3.52. The van der Waals surface area contributed by atoms with Gasteiger partial charge < -0.3 is 9.32 Å². The Morgan fingerprint density at radius 1 is 1.44 bits per heavy atom. The van der Waals surface area contributed by atoms with Crippen LogP contribution in [-0.4, -0.2) is 43.8 Å². The number of hydrogen-bond acceptors (Lipinski definition) is 4. The molecule has 0 unspecified atom stereocenters. The zero-order chi connectivity index (χ0) is 13.5. The molecular weight excluding hydrogens is 254 g/mol. The Morgan fingerprint density at radius 3 is 2.56 bits per heavy atom. The molecule has 5 nitrogen and oxygen atoms in total. The number of carbonyl (C=O) groups excluding carboxylic acids is 1. The molecule has 1 amide bonds. The van der Waals surface area contributed by atoms with Crippen molar-refractivity contribution in [1.29, 1.82) is 0 Å². The molecule has 0 bridgehead atoms. The van der Waals surface area contributed by atoms with Crippen LogP contribution >= 0.6 is 0 Å². The van der Waals surface area contributed by atoms with Gasteiger partial charge in [0.1, 0.15) is 11.5 Å². The molecule has 0 aliphatic carbocycles. The zero-order valence-electron chi connectivity index (χ0n) is 10.8. The van der Waals surface area contributed by atoms with Crippen LogP contribution < -0.4 is 0 Å². The molecule has 1 aromatic rings. The molecule has 6 heteroatoms. The molecule has 0 spiro atoms. The van der Waals surface area contributed by atoms with Gasteiger partial charge in [-0.25, -0.2) is 8.42 Å². The summed E-state index contributed by atoms with van der Waals surface area (Å²) in [7, 11) is -1.33. The van der Waals surface area contributed by atoms with Gasteiger partial charge in [-0.3, -0.25) is 4.79 Å². The van der Waals surface area contributed by atoms with E-state index in [-0.39, 0.29) is 23.5 Å². The van der Waals surface area contributed by atoms with E-state index in [1.165, 1.54) is 4.90 Å². The van der Waals surface area contributed by atoms with Crippen LogP contribution in [0, 0.1) is 13.8 Å². The van der Waals surface area contributed by atoms with Crippen molar-refractivity contribution < 1.29 is 17.6 Å². The van der Waals surface area contributed by atoms with E-state index in [1.807, 2.05) is 0 Å².